The fourth-order valence-corrected chi connectivity index (χ4v) is 6.49. The first-order valence-electron chi connectivity index (χ1n) is 6.81. The van der Waals surface area contributed by atoms with Gasteiger partial charge >= 0.3 is 0 Å². The zero-order valence-corrected chi connectivity index (χ0v) is 14.1. The average molecular weight is 357 g/mol. The first-order valence-corrected chi connectivity index (χ1v) is 10.6. The molecule has 0 spiro atoms. The third-order valence-electron chi connectivity index (χ3n) is 3.58. The van der Waals surface area contributed by atoms with Crippen LogP contribution in [0.1, 0.15) is 12.8 Å². The monoisotopic (exact) mass is 357 g/mol. The lowest BCUT2D eigenvalue weighted by Gasteiger charge is -2.15. The lowest BCUT2D eigenvalue weighted by molar-refractivity contribution is 0.477. The standard InChI is InChI=1S/C14H15NO4S3/c16-21(17,14-7-4-10-20-14)12-5-3-6-13(11-12)22(18,19)15-8-1-2-9-15/h3-7,10-11H,1-2,8-9H2. The molecule has 1 aliphatic rings. The molecule has 0 radical (unpaired) electrons. The number of benzene rings is 1. The smallest absolute Gasteiger partial charge is 0.218 e. The summed E-state index contributed by atoms with van der Waals surface area (Å²) in [6.07, 6.45) is 1.68. The van der Waals surface area contributed by atoms with Gasteiger partial charge in [-0.25, -0.2) is 16.8 Å². The fraction of sp³-hybridized carbons (Fsp3) is 0.286. The number of sulfonamides is 1. The van der Waals surface area contributed by atoms with Crippen LogP contribution >= 0.6 is 11.3 Å². The van der Waals surface area contributed by atoms with E-state index in [0.29, 0.717) is 13.1 Å². The van der Waals surface area contributed by atoms with Crippen LogP contribution < -0.4 is 0 Å². The molecule has 0 N–H and O–H groups in total. The summed E-state index contributed by atoms with van der Waals surface area (Å²) in [5, 5.41) is 1.68. The maximum atomic E-state index is 12.5. The van der Waals surface area contributed by atoms with E-state index in [-0.39, 0.29) is 14.0 Å². The van der Waals surface area contributed by atoms with Crippen molar-refractivity contribution >= 4 is 31.2 Å². The molecular formula is C14H15NO4S3. The molecule has 1 saturated heterocycles. The topological polar surface area (TPSA) is 71.5 Å². The highest BCUT2D eigenvalue weighted by Crippen LogP contribution is 2.28. The first-order chi connectivity index (χ1) is 10.4. The van der Waals surface area contributed by atoms with Crippen LogP contribution in [0.15, 0.2) is 55.8 Å². The Hall–Kier alpha value is -1.22. The van der Waals surface area contributed by atoms with E-state index >= 15 is 0 Å². The van der Waals surface area contributed by atoms with Crippen LogP contribution in [0.25, 0.3) is 0 Å². The molecule has 0 atom stereocenters. The largest absolute Gasteiger partial charge is 0.243 e. The van der Waals surface area contributed by atoms with E-state index < -0.39 is 19.9 Å². The molecule has 1 aromatic carbocycles. The zero-order valence-electron chi connectivity index (χ0n) is 11.7. The van der Waals surface area contributed by atoms with Crippen molar-refractivity contribution < 1.29 is 16.8 Å². The highest BCUT2D eigenvalue weighted by molar-refractivity contribution is 7.93. The average Bonchev–Trinajstić information content (AvgIpc) is 3.20. The van der Waals surface area contributed by atoms with Crippen molar-refractivity contribution in [1.82, 2.24) is 4.31 Å². The Balaban J connectivity index is 2.04. The van der Waals surface area contributed by atoms with E-state index in [1.54, 1.807) is 11.4 Å². The summed E-state index contributed by atoms with van der Waals surface area (Å²) in [6, 6.07) is 8.77. The predicted octanol–water partition coefficient (Wildman–Crippen LogP) is 2.37. The van der Waals surface area contributed by atoms with Gasteiger partial charge in [0.2, 0.25) is 19.9 Å². The van der Waals surface area contributed by atoms with Crippen LogP contribution in [-0.4, -0.2) is 34.2 Å². The molecule has 2 aromatic rings. The van der Waals surface area contributed by atoms with E-state index in [1.807, 2.05) is 0 Å². The number of rotatable bonds is 4. The summed E-state index contributed by atoms with van der Waals surface area (Å²) in [4.78, 5) is 0.0438. The number of nitrogens with zero attached hydrogens (tertiary/aromatic N) is 1. The summed E-state index contributed by atoms with van der Waals surface area (Å²) < 4.78 is 51.7. The van der Waals surface area contributed by atoms with Crippen LogP contribution in [0.5, 0.6) is 0 Å². The molecule has 3 rings (SSSR count). The van der Waals surface area contributed by atoms with Crippen LogP contribution in [0.2, 0.25) is 0 Å². The second kappa shape index (κ2) is 5.77. The van der Waals surface area contributed by atoms with Crippen LogP contribution in [0.4, 0.5) is 0 Å². The highest BCUT2D eigenvalue weighted by Gasteiger charge is 2.28. The Morgan fingerprint density at radius 3 is 2.23 bits per heavy atom. The minimum Gasteiger partial charge on any atom is -0.218 e. The molecule has 1 aliphatic heterocycles. The van der Waals surface area contributed by atoms with Crippen molar-refractivity contribution in [2.75, 3.05) is 13.1 Å². The Morgan fingerprint density at radius 1 is 0.909 bits per heavy atom. The van der Waals surface area contributed by atoms with Crippen molar-refractivity contribution in [2.24, 2.45) is 0 Å². The summed E-state index contributed by atoms with van der Waals surface area (Å²) in [7, 11) is -7.28. The molecule has 0 saturated carbocycles. The van der Waals surface area contributed by atoms with E-state index in [0.717, 1.165) is 24.2 Å². The van der Waals surface area contributed by atoms with Gasteiger partial charge in [0.05, 0.1) is 9.79 Å². The summed E-state index contributed by atoms with van der Waals surface area (Å²) >= 11 is 1.12. The Labute approximate surface area is 134 Å². The Bertz CT molecular complexity index is 865. The molecule has 0 amide bonds. The van der Waals surface area contributed by atoms with Gasteiger partial charge in [0.1, 0.15) is 4.21 Å². The van der Waals surface area contributed by atoms with Crippen LogP contribution in [-0.2, 0) is 19.9 Å². The molecule has 5 nitrogen and oxygen atoms in total. The third kappa shape index (κ3) is 2.71. The van der Waals surface area contributed by atoms with Gasteiger partial charge in [0.25, 0.3) is 0 Å². The number of hydrogen-bond acceptors (Lipinski definition) is 5. The molecule has 0 aliphatic carbocycles. The number of sulfone groups is 1. The van der Waals surface area contributed by atoms with Gasteiger partial charge in [-0.05, 0) is 42.5 Å². The highest BCUT2D eigenvalue weighted by atomic mass is 32.2. The normalized spacial score (nSPS) is 16.9. The SMILES string of the molecule is O=S(=O)(c1cccc(S(=O)(=O)N2CCCC2)c1)c1cccs1. The molecular weight excluding hydrogens is 342 g/mol. The van der Waals surface area contributed by atoms with Gasteiger partial charge in [-0.2, -0.15) is 4.31 Å². The van der Waals surface area contributed by atoms with Crippen LogP contribution in [0.3, 0.4) is 0 Å². The minimum absolute atomic E-state index is 0.00946. The quantitative estimate of drug-likeness (QED) is 0.842. The molecule has 8 heteroatoms. The van der Waals surface area contributed by atoms with Crippen molar-refractivity contribution in [3.05, 3.63) is 41.8 Å². The maximum absolute atomic E-state index is 12.5. The molecule has 1 fully saturated rings. The molecule has 1 aromatic heterocycles. The van der Waals surface area contributed by atoms with Gasteiger partial charge in [-0.1, -0.05) is 12.1 Å². The van der Waals surface area contributed by atoms with E-state index in [9.17, 15) is 16.8 Å². The van der Waals surface area contributed by atoms with Gasteiger partial charge in [-0.3, -0.25) is 0 Å². The van der Waals surface area contributed by atoms with E-state index in [4.69, 9.17) is 0 Å². The van der Waals surface area contributed by atoms with Gasteiger partial charge in [0, 0.05) is 13.1 Å². The zero-order chi connectivity index (χ0) is 15.8. The molecule has 2 heterocycles. The fourth-order valence-electron chi connectivity index (χ4n) is 2.41. The second-order valence-corrected chi connectivity index (χ2v) is 10.1. The molecule has 0 bridgehead atoms. The van der Waals surface area contributed by atoms with E-state index in [1.165, 1.54) is 34.6 Å². The number of thiophene rings is 1. The molecule has 0 unspecified atom stereocenters. The summed E-state index contributed by atoms with van der Waals surface area (Å²) in [6.45, 7) is 0.981. The third-order valence-corrected chi connectivity index (χ3v) is 8.62. The van der Waals surface area contributed by atoms with Crippen molar-refractivity contribution in [3.8, 4) is 0 Å². The van der Waals surface area contributed by atoms with E-state index in [2.05, 4.69) is 0 Å². The van der Waals surface area contributed by atoms with Crippen LogP contribution in [0, 0.1) is 0 Å². The van der Waals surface area contributed by atoms with Crippen molar-refractivity contribution in [2.45, 2.75) is 26.8 Å². The first kappa shape index (κ1) is 15.7. The molecule has 118 valence electrons. The predicted molar refractivity (Wildman–Crippen MR) is 84.2 cm³/mol. The van der Waals surface area contributed by atoms with Crippen molar-refractivity contribution in [1.29, 1.82) is 0 Å². The number of hydrogen-bond donors (Lipinski definition) is 0. The van der Waals surface area contributed by atoms with Gasteiger partial charge in [-0.15, -0.1) is 11.3 Å². The lowest BCUT2D eigenvalue weighted by atomic mass is 10.4. The summed E-state index contributed by atoms with van der Waals surface area (Å²) in [5.41, 5.74) is 0. The lowest BCUT2D eigenvalue weighted by Crippen LogP contribution is -2.27. The Kier molecular flexibility index (Phi) is 4.11. The van der Waals surface area contributed by atoms with Crippen molar-refractivity contribution in [3.63, 3.8) is 0 Å². The second-order valence-electron chi connectivity index (χ2n) is 5.02. The molecule has 22 heavy (non-hydrogen) atoms. The minimum atomic E-state index is -3.67. The van der Waals surface area contributed by atoms with Gasteiger partial charge in [0.15, 0.2) is 0 Å². The summed E-state index contributed by atoms with van der Waals surface area (Å²) in [5.74, 6) is 0. The Morgan fingerprint density at radius 2 is 1.59 bits per heavy atom. The van der Waals surface area contributed by atoms with Gasteiger partial charge < -0.3 is 0 Å². The maximum Gasteiger partial charge on any atom is 0.243 e.